The Morgan fingerprint density at radius 2 is 1.64 bits per heavy atom. The smallest absolute Gasteiger partial charge is 0.361 e. The molecular formula is C24H19F3N4O2. The number of nitrogens with one attached hydrogen (secondary N) is 3. The average molecular weight is 452 g/mol. The van der Waals surface area contributed by atoms with E-state index in [1.54, 1.807) is 42.5 Å². The summed E-state index contributed by atoms with van der Waals surface area (Å²) in [5.74, 6) is -1.59. The molecule has 9 heteroatoms. The van der Waals surface area contributed by atoms with Gasteiger partial charge in [-0.15, -0.1) is 0 Å². The second-order valence-corrected chi connectivity index (χ2v) is 8.27. The van der Waals surface area contributed by atoms with E-state index in [4.69, 9.17) is 0 Å². The van der Waals surface area contributed by atoms with Gasteiger partial charge in [0.2, 0.25) is 0 Å². The third kappa shape index (κ3) is 3.41. The topological polar surface area (TPSA) is 81.0 Å². The zero-order valence-corrected chi connectivity index (χ0v) is 17.7. The second kappa shape index (κ2) is 7.35. The van der Waals surface area contributed by atoms with E-state index >= 15 is 0 Å². The minimum absolute atomic E-state index is 0.0816. The summed E-state index contributed by atoms with van der Waals surface area (Å²) in [4.78, 5) is 33.1. The van der Waals surface area contributed by atoms with Crippen LogP contribution in [0.2, 0.25) is 0 Å². The number of carbonyl (C=O) groups excluding carboxylic acids is 2. The molecule has 3 N–H and O–H groups in total. The molecule has 0 spiro atoms. The Hall–Kier alpha value is -3.85. The number of alkyl halides is 3. The fourth-order valence-corrected chi connectivity index (χ4v) is 4.40. The van der Waals surface area contributed by atoms with Crippen LogP contribution in [0.3, 0.4) is 0 Å². The minimum Gasteiger partial charge on any atom is -0.361 e. The average Bonchev–Trinajstić information content (AvgIpc) is 3.39. The molecule has 0 unspecified atom stereocenters. The van der Waals surface area contributed by atoms with E-state index in [9.17, 15) is 22.8 Å². The van der Waals surface area contributed by atoms with Crippen molar-refractivity contribution in [2.45, 2.75) is 12.7 Å². The summed E-state index contributed by atoms with van der Waals surface area (Å²) >= 11 is 0. The molecule has 5 rings (SSSR count). The number of halogens is 3. The monoisotopic (exact) mass is 452 g/mol. The number of amides is 2. The Kier molecular flexibility index (Phi) is 4.68. The molecule has 2 amide bonds. The molecule has 6 nitrogen and oxygen atoms in total. The number of nitrogens with zero attached hydrogens (tertiary/aromatic N) is 1. The minimum atomic E-state index is -4.76. The highest BCUT2D eigenvalue weighted by Gasteiger charge is 2.42. The predicted molar refractivity (Wildman–Crippen MR) is 119 cm³/mol. The summed E-state index contributed by atoms with van der Waals surface area (Å²) in [6.45, 7) is 0.501. The molecule has 0 aliphatic carbocycles. The van der Waals surface area contributed by atoms with Gasteiger partial charge in [-0.3, -0.25) is 14.9 Å². The highest BCUT2D eigenvalue weighted by atomic mass is 19.4. The van der Waals surface area contributed by atoms with Crippen LogP contribution in [-0.2, 0) is 22.3 Å². The Morgan fingerprint density at radius 3 is 2.36 bits per heavy atom. The van der Waals surface area contributed by atoms with E-state index in [2.05, 4.69) is 15.3 Å². The second-order valence-electron chi connectivity index (χ2n) is 8.27. The van der Waals surface area contributed by atoms with Crippen LogP contribution in [0.25, 0.3) is 33.0 Å². The number of benzene rings is 2. The molecule has 2 aromatic carbocycles. The van der Waals surface area contributed by atoms with Crippen LogP contribution < -0.4 is 5.32 Å². The zero-order valence-electron chi connectivity index (χ0n) is 17.7. The summed E-state index contributed by atoms with van der Waals surface area (Å²) < 4.78 is 42.3. The Morgan fingerprint density at radius 1 is 0.909 bits per heavy atom. The van der Waals surface area contributed by atoms with Gasteiger partial charge in [-0.2, -0.15) is 13.2 Å². The van der Waals surface area contributed by atoms with Crippen molar-refractivity contribution in [3.05, 3.63) is 71.0 Å². The van der Waals surface area contributed by atoms with Crippen LogP contribution in [0.15, 0.2) is 48.7 Å². The Bertz CT molecular complexity index is 1470. The first-order valence-corrected chi connectivity index (χ1v) is 10.2. The molecule has 4 aromatic rings. The number of aromatic amines is 2. The molecular weight excluding hydrogens is 433 g/mol. The van der Waals surface area contributed by atoms with Crippen molar-refractivity contribution in [2.24, 2.45) is 0 Å². The van der Waals surface area contributed by atoms with Crippen molar-refractivity contribution in [3.63, 3.8) is 0 Å². The van der Waals surface area contributed by atoms with Crippen molar-refractivity contribution >= 4 is 44.8 Å². The van der Waals surface area contributed by atoms with E-state index in [1.165, 1.54) is 6.20 Å². The molecule has 0 saturated heterocycles. The summed E-state index contributed by atoms with van der Waals surface area (Å²) in [7, 11) is 3.70. The van der Waals surface area contributed by atoms with Crippen LogP contribution in [-0.4, -0.2) is 40.8 Å². The lowest BCUT2D eigenvalue weighted by Gasteiger charge is -2.11. The summed E-state index contributed by atoms with van der Waals surface area (Å²) in [6.07, 6.45) is -3.22. The van der Waals surface area contributed by atoms with Gasteiger partial charge in [0.05, 0.1) is 11.1 Å². The van der Waals surface area contributed by atoms with Gasteiger partial charge in [-0.1, -0.05) is 24.3 Å². The lowest BCUT2D eigenvalue weighted by atomic mass is 9.93. The molecule has 0 fully saturated rings. The lowest BCUT2D eigenvalue weighted by molar-refractivity contribution is -0.140. The van der Waals surface area contributed by atoms with E-state index in [1.807, 2.05) is 19.0 Å². The van der Waals surface area contributed by atoms with Gasteiger partial charge in [0.1, 0.15) is 5.69 Å². The number of fused-ring (bicyclic) bond motifs is 2. The van der Waals surface area contributed by atoms with Gasteiger partial charge in [-0.25, -0.2) is 0 Å². The van der Waals surface area contributed by atoms with Gasteiger partial charge in [-0.05, 0) is 37.9 Å². The standard InChI is InChI=1S/C24H19F3N4O2/c1-31(2)11-12-7-8-17-14(9-12)18(21(29-17)24(25,26)27)20-19(22(32)30-23(20)33)15-10-28-16-6-4-3-5-13(15)16/h3-10,28-29H,11H2,1-2H3,(H,30,32,33). The van der Waals surface area contributed by atoms with Crippen LogP contribution in [0.5, 0.6) is 0 Å². The Balaban J connectivity index is 1.87. The van der Waals surface area contributed by atoms with Gasteiger partial charge < -0.3 is 14.9 Å². The molecule has 3 heterocycles. The maximum Gasteiger partial charge on any atom is 0.431 e. The molecule has 0 radical (unpaired) electrons. The van der Waals surface area contributed by atoms with Gasteiger partial charge in [0.25, 0.3) is 11.8 Å². The van der Waals surface area contributed by atoms with Crippen molar-refractivity contribution in [3.8, 4) is 0 Å². The normalized spacial score (nSPS) is 14.8. The van der Waals surface area contributed by atoms with E-state index in [-0.39, 0.29) is 27.6 Å². The predicted octanol–water partition coefficient (Wildman–Crippen LogP) is 4.30. The first-order chi connectivity index (χ1) is 15.6. The maximum atomic E-state index is 14.1. The summed E-state index contributed by atoms with van der Waals surface area (Å²) in [5.41, 5.74) is 0.342. The third-order valence-electron chi connectivity index (χ3n) is 5.69. The summed E-state index contributed by atoms with van der Waals surface area (Å²) in [6, 6.07) is 12.0. The van der Waals surface area contributed by atoms with Crippen LogP contribution in [0.1, 0.15) is 22.4 Å². The first-order valence-electron chi connectivity index (χ1n) is 10.2. The van der Waals surface area contributed by atoms with Gasteiger partial charge >= 0.3 is 6.18 Å². The van der Waals surface area contributed by atoms with E-state index in [0.717, 1.165) is 5.56 Å². The molecule has 33 heavy (non-hydrogen) atoms. The number of hydrogen-bond donors (Lipinski definition) is 3. The van der Waals surface area contributed by atoms with Crippen LogP contribution in [0.4, 0.5) is 13.2 Å². The van der Waals surface area contributed by atoms with E-state index < -0.39 is 23.7 Å². The largest absolute Gasteiger partial charge is 0.431 e. The quantitative estimate of drug-likeness (QED) is 0.404. The number of H-pyrrole nitrogens is 2. The lowest BCUT2D eigenvalue weighted by Crippen LogP contribution is -2.23. The van der Waals surface area contributed by atoms with Gasteiger partial charge in [0.15, 0.2) is 0 Å². The molecule has 0 atom stereocenters. The fraction of sp³-hybridized carbons (Fsp3) is 0.167. The Labute approximate surface area is 186 Å². The number of para-hydroxylation sites is 1. The molecule has 0 saturated carbocycles. The SMILES string of the molecule is CN(C)Cc1ccc2[nH]c(C(F)(F)F)c(C3=C(c4c[nH]c5ccccc45)C(=O)NC3=O)c2c1. The van der Waals surface area contributed by atoms with Gasteiger partial charge in [0, 0.05) is 45.7 Å². The summed E-state index contributed by atoms with van der Waals surface area (Å²) in [5, 5.41) is 3.06. The number of carbonyl (C=O) groups is 2. The zero-order chi connectivity index (χ0) is 23.5. The number of hydrogen-bond acceptors (Lipinski definition) is 3. The third-order valence-corrected chi connectivity index (χ3v) is 5.69. The maximum absolute atomic E-state index is 14.1. The highest BCUT2D eigenvalue weighted by Crippen LogP contribution is 2.44. The van der Waals surface area contributed by atoms with Crippen molar-refractivity contribution in [2.75, 3.05) is 14.1 Å². The molecule has 0 bridgehead atoms. The fourth-order valence-electron chi connectivity index (χ4n) is 4.40. The highest BCUT2D eigenvalue weighted by molar-refractivity contribution is 6.51. The van der Waals surface area contributed by atoms with Crippen molar-refractivity contribution in [1.29, 1.82) is 0 Å². The van der Waals surface area contributed by atoms with Crippen molar-refractivity contribution < 1.29 is 22.8 Å². The molecule has 1 aliphatic rings. The van der Waals surface area contributed by atoms with Crippen molar-refractivity contribution in [1.82, 2.24) is 20.2 Å². The van der Waals surface area contributed by atoms with Crippen LogP contribution >= 0.6 is 0 Å². The number of imide groups is 1. The molecule has 2 aromatic heterocycles. The van der Waals surface area contributed by atoms with E-state index in [0.29, 0.717) is 23.0 Å². The molecule has 1 aliphatic heterocycles. The first kappa shape index (κ1) is 21.0. The number of aromatic nitrogens is 2. The van der Waals surface area contributed by atoms with Crippen LogP contribution in [0, 0.1) is 0 Å². The molecule has 168 valence electrons. The number of rotatable bonds is 4.